The zero-order valence-electron chi connectivity index (χ0n) is 15.9. The Labute approximate surface area is 168 Å². The van der Waals surface area contributed by atoms with Crippen molar-refractivity contribution in [3.8, 4) is 5.69 Å². The van der Waals surface area contributed by atoms with Crippen LogP contribution >= 0.6 is 11.6 Å². The summed E-state index contributed by atoms with van der Waals surface area (Å²) < 4.78 is 1.95. The number of nitrogens with one attached hydrogen (secondary N) is 1. The molecule has 28 heavy (non-hydrogen) atoms. The van der Waals surface area contributed by atoms with E-state index in [1.54, 1.807) is 13.8 Å². The molecule has 0 saturated heterocycles. The van der Waals surface area contributed by atoms with Gasteiger partial charge >= 0.3 is 0 Å². The van der Waals surface area contributed by atoms with Crippen LogP contribution in [0.3, 0.4) is 0 Å². The number of nitrogens with zero attached hydrogens (tertiary/aromatic N) is 4. The van der Waals surface area contributed by atoms with Crippen LogP contribution in [0, 0.1) is 0 Å². The zero-order chi connectivity index (χ0) is 19.9. The first-order chi connectivity index (χ1) is 13.3. The lowest BCUT2D eigenvalue weighted by Crippen LogP contribution is -2.16. The summed E-state index contributed by atoms with van der Waals surface area (Å²) in [5, 5.41) is 18.3. The van der Waals surface area contributed by atoms with E-state index in [-0.39, 0.29) is 5.28 Å². The predicted molar refractivity (Wildman–Crippen MR) is 110 cm³/mol. The first-order valence-electron chi connectivity index (χ1n) is 9.25. The Kier molecular flexibility index (Phi) is 4.72. The molecule has 0 aliphatic heterocycles. The summed E-state index contributed by atoms with van der Waals surface area (Å²) in [6, 6.07) is 10.1. The van der Waals surface area contributed by atoms with E-state index in [4.69, 9.17) is 17.3 Å². The topological polar surface area (TPSA) is 102 Å². The van der Waals surface area contributed by atoms with Gasteiger partial charge in [0.2, 0.25) is 5.28 Å². The first kappa shape index (κ1) is 18.7. The van der Waals surface area contributed by atoms with Gasteiger partial charge in [-0.05, 0) is 62.1 Å². The van der Waals surface area contributed by atoms with E-state index in [1.165, 1.54) is 19.0 Å². The van der Waals surface area contributed by atoms with Crippen LogP contribution in [0.1, 0.15) is 49.6 Å². The van der Waals surface area contributed by atoms with Crippen LogP contribution in [0.5, 0.6) is 0 Å². The average molecular weight is 399 g/mol. The largest absolute Gasteiger partial charge is 0.394 e. The van der Waals surface area contributed by atoms with Gasteiger partial charge in [0, 0.05) is 18.2 Å². The Bertz CT molecular complexity index is 989. The van der Waals surface area contributed by atoms with Gasteiger partial charge in [-0.2, -0.15) is 10.1 Å². The van der Waals surface area contributed by atoms with E-state index in [1.807, 2.05) is 35.0 Å². The monoisotopic (exact) mass is 398 g/mol. The van der Waals surface area contributed by atoms with E-state index in [0.717, 1.165) is 16.9 Å². The highest BCUT2D eigenvalue weighted by Crippen LogP contribution is 2.42. The van der Waals surface area contributed by atoms with Crippen molar-refractivity contribution >= 4 is 23.1 Å². The van der Waals surface area contributed by atoms with Gasteiger partial charge in [-0.1, -0.05) is 12.1 Å². The van der Waals surface area contributed by atoms with Crippen LogP contribution in [-0.4, -0.2) is 24.9 Å². The quantitative estimate of drug-likeness (QED) is 0.548. The third-order valence-corrected chi connectivity index (χ3v) is 4.97. The first-order valence-corrected chi connectivity index (χ1v) is 9.63. The summed E-state index contributed by atoms with van der Waals surface area (Å²) >= 11 is 5.82. The van der Waals surface area contributed by atoms with Crippen LogP contribution in [0.15, 0.2) is 36.5 Å². The number of aromatic nitrogens is 4. The third kappa shape index (κ3) is 3.95. The molecular weight excluding hydrogens is 376 g/mol. The van der Waals surface area contributed by atoms with Gasteiger partial charge in [0.05, 0.1) is 23.3 Å². The number of aliphatic hydroxyl groups is 1. The maximum Gasteiger partial charge on any atom is 0.224 e. The van der Waals surface area contributed by atoms with Crippen molar-refractivity contribution < 1.29 is 5.11 Å². The van der Waals surface area contributed by atoms with Crippen LogP contribution in [-0.2, 0) is 12.1 Å². The van der Waals surface area contributed by atoms with Gasteiger partial charge in [0.15, 0.2) is 5.82 Å². The van der Waals surface area contributed by atoms with Gasteiger partial charge in [0.1, 0.15) is 5.60 Å². The molecule has 8 heteroatoms. The predicted octanol–water partition coefficient (Wildman–Crippen LogP) is 3.61. The summed E-state index contributed by atoms with van der Waals surface area (Å²) in [6.45, 7) is 4.08. The molecule has 0 bridgehead atoms. The Morgan fingerprint density at radius 1 is 1.29 bits per heavy atom. The lowest BCUT2D eigenvalue weighted by Gasteiger charge is -2.13. The second kappa shape index (κ2) is 7.07. The van der Waals surface area contributed by atoms with Crippen LogP contribution in [0.25, 0.3) is 5.69 Å². The third-order valence-electron chi connectivity index (χ3n) is 4.79. The summed E-state index contributed by atoms with van der Waals surface area (Å²) in [4.78, 5) is 7.95. The van der Waals surface area contributed by atoms with Gasteiger partial charge in [0.25, 0.3) is 0 Å². The van der Waals surface area contributed by atoms with Crippen molar-refractivity contribution in [2.45, 2.75) is 44.8 Å². The molecule has 1 aliphatic rings. The minimum absolute atomic E-state index is 0.154. The zero-order valence-corrected chi connectivity index (χ0v) is 16.6. The molecule has 7 nitrogen and oxygen atoms in total. The Morgan fingerprint density at radius 2 is 2.00 bits per heavy atom. The van der Waals surface area contributed by atoms with E-state index in [0.29, 0.717) is 29.7 Å². The minimum Gasteiger partial charge on any atom is -0.394 e. The number of rotatable bonds is 6. The number of hydrogen-bond donors (Lipinski definition) is 3. The molecule has 0 spiro atoms. The highest BCUT2D eigenvalue weighted by atomic mass is 35.5. The highest BCUT2D eigenvalue weighted by Gasteiger charge is 2.31. The molecule has 146 valence electrons. The molecule has 0 radical (unpaired) electrons. The number of anilines is 2. The SMILES string of the molecule is CC(C)(O)c1cc(C2CC2)n(-c2ccc(CNc3nc(Cl)ncc3N)cc2)n1. The lowest BCUT2D eigenvalue weighted by atomic mass is 10.1. The van der Waals surface area contributed by atoms with Crippen LogP contribution in [0.4, 0.5) is 11.5 Å². The molecule has 1 saturated carbocycles. The number of halogens is 1. The van der Waals surface area contributed by atoms with E-state index >= 15 is 0 Å². The molecule has 0 amide bonds. The Balaban J connectivity index is 1.53. The maximum absolute atomic E-state index is 10.3. The number of nitrogens with two attached hydrogens (primary N) is 1. The van der Waals surface area contributed by atoms with Crippen molar-refractivity contribution in [1.82, 2.24) is 19.7 Å². The summed E-state index contributed by atoms with van der Waals surface area (Å²) in [7, 11) is 0. The second-order valence-corrected chi connectivity index (χ2v) is 8.00. The van der Waals surface area contributed by atoms with Crippen molar-refractivity contribution in [2.24, 2.45) is 0 Å². The normalized spacial score (nSPS) is 14.3. The fourth-order valence-corrected chi connectivity index (χ4v) is 3.16. The number of nitrogen functional groups attached to an aromatic ring is 1. The summed E-state index contributed by atoms with van der Waals surface area (Å²) in [5.74, 6) is 1.04. The van der Waals surface area contributed by atoms with E-state index < -0.39 is 5.60 Å². The van der Waals surface area contributed by atoms with Gasteiger partial charge < -0.3 is 16.2 Å². The molecule has 2 aromatic heterocycles. The number of hydrogen-bond acceptors (Lipinski definition) is 6. The average Bonchev–Trinajstić information content (AvgIpc) is 3.40. The standard InChI is InChI=1S/C20H23ClN6O/c1-20(2,28)17-9-16(13-5-6-13)27(26-17)14-7-3-12(4-8-14)10-23-18-15(22)11-24-19(21)25-18/h3-4,7-9,11,13,28H,5-6,10,22H2,1-2H3,(H,23,24,25). The van der Waals surface area contributed by atoms with Crippen molar-refractivity contribution in [3.63, 3.8) is 0 Å². The van der Waals surface area contributed by atoms with Crippen molar-refractivity contribution in [3.05, 3.63) is 58.8 Å². The van der Waals surface area contributed by atoms with Gasteiger partial charge in [-0.25, -0.2) is 9.67 Å². The summed E-state index contributed by atoms with van der Waals surface area (Å²) in [6.07, 6.45) is 3.82. The molecule has 2 heterocycles. The molecule has 4 N–H and O–H groups in total. The number of benzene rings is 1. The van der Waals surface area contributed by atoms with Crippen LogP contribution < -0.4 is 11.1 Å². The fraction of sp³-hybridized carbons (Fsp3) is 0.350. The Morgan fingerprint density at radius 3 is 2.64 bits per heavy atom. The van der Waals surface area contributed by atoms with E-state index in [2.05, 4.69) is 20.4 Å². The molecule has 0 atom stereocenters. The molecule has 1 aromatic carbocycles. The van der Waals surface area contributed by atoms with E-state index in [9.17, 15) is 5.11 Å². The lowest BCUT2D eigenvalue weighted by molar-refractivity contribution is 0.0734. The molecule has 4 rings (SSSR count). The van der Waals surface area contributed by atoms with Gasteiger partial charge in [-0.3, -0.25) is 0 Å². The molecule has 1 fully saturated rings. The molecular formula is C20H23ClN6O. The van der Waals surface area contributed by atoms with Crippen molar-refractivity contribution in [1.29, 1.82) is 0 Å². The molecule has 0 unspecified atom stereocenters. The molecule has 3 aromatic rings. The molecule has 1 aliphatic carbocycles. The highest BCUT2D eigenvalue weighted by molar-refractivity contribution is 6.28. The van der Waals surface area contributed by atoms with Gasteiger partial charge in [-0.15, -0.1) is 0 Å². The Hall–Kier alpha value is -2.64. The van der Waals surface area contributed by atoms with Crippen molar-refractivity contribution in [2.75, 3.05) is 11.1 Å². The smallest absolute Gasteiger partial charge is 0.224 e. The summed E-state index contributed by atoms with van der Waals surface area (Å²) in [5.41, 5.74) is 9.25. The second-order valence-electron chi connectivity index (χ2n) is 7.66. The fourth-order valence-electron chi connectivity index (χ4n) is 3.02. The maximum atomic E-state index is 10.3. The minimum atomic E-state index is -0.961. The van der Waals surface area contributed by atoms with Crippen LogP contribution in [0.2, 0.25) is 5.28 Å².